The Morgan fingerprint density at radius 2 is 0.840 bits per heavy atom. The Hall–Kier alpha value is -1.38. The van der Waals surface area contributed by atoms with Gasteiger partial charge >= 0.3 is 35.8 Å². The predicted molar refractivity (Wildman–Crippen MR) is 46.0 cm³/mol. The molecule has 0 aromatic carbocycles. The molecular formula is C9H2F16. The highest BCUT2D eigenvalue weighted by Gasteiger charge is 2.79. The van der Waals surface area contributed by atoms with Crippen molar-refractivity contribution in [2.24, 2.45) is 0 Å². The van der Waals surface area contributed by atoms with Crippen LogP contribution in [-0.2, 0) is 0 Å². The summed E-state index contributed by atoms with van der Waals surface area (Å²) in [6.45, 7) is -3.91. The Balaban J connectivity index is 6.51. The van der Waals surface area contributed by atoms with Crippen molar-refractivity contribution in [3.63, 3.8) is 0 Å². The van der Waals surface area contributed by atoms with Gasteiger partial charge in [0.25, 0.3) is 0 Å². The molecule has 0 rings (SSSR count). The van der Waals surface area contributed by atoms with Gasteiger partial charge in [-0.2, -0.15) is 52.7 Å². The van der Waals surface area contributed by atoms with Gasteiger partial charge in [0.15, 0.2) is 0 Å². The van der Waals surface area contributed by atoms with Crippen LogP contribution in [0.2, 0.25) is 0 Å². The standard InChI is InChI=1S/C9H2F16/c10-1-4(13,8(20,21)22)5(14,15)2(11)3(12)6(16,17)7(18,19)9(23,24)25/h1H2. The minimum absolute atomic E-state index is 3.91. The van der Waals surface area contributed by atoms with Gasteiger partial charge in [-0.1, -0.05) is 0 Å². The van der Waals surface area contributed by atoms with Crippen molar-refractivity contribution < 1.29 is 70.2 Å². The van der Waals surface area contributed by atoms with Crippen LogP contribution in [0.3, 0.4) is 0 Å². The summed E-state index contributed by atoms with van der Waals surface area (Å²) in [5, 5.41) is 0. The van der Waals surface area contributed by atoms with E-state index in [1.807, 2.05) is 0 Å². The summed E-state index contributed by atoms with van der Waals surface area (Å²) in [6, 6.07) is 0. The predicted octanol–water partition coefficient (Wildman–Crippen LogP) is 5.85. The smallest absolute Gasteiger partial charge is 0.247 e. The summed E-state index contributed by atoms with van der Waals surface area (Å²) in [5.74, 6) is -32.4. The molecule has 150 valence electrons. The second-order valence-electron chi connectivity index (χ2n) is 4.28. The maximum atomic E-state index is 13.0. The number of allylic oxidation sites excluding steroid dienone is 2. The van der Waals surface area contributed by atoms with Crippen LogP contribution >= 0.6 is 0 Å². The lowest BCUT2D eigenvalue weighted by molar-refractivity contribution is -0.349. The van der Waals surface area contributed by atoms with E-state index in [0.29, 0.717) is 0 Å². The monoisotopic (exact) mass is 414 g/mol. The zero-order chi connectivity index (χ0) is 20.9. The van der Waals surface area contributed by atoms with Gasteiger partial charge in [-0.05, 0) is 0 Å². The Bertz CT molecular complexity index is 521. The summed E-state index contributed by atoms with van der Waals surface area (Å²) in [6.07, 6.45) is -14.5. The molecule has 0 aliphatic heterocycles. The molecule has 1 atom stereocenters. The zero-order valence-electron chi connectivity index (χ0n) is 10.8. The molecule has 0 saturated heterocycles. The molecule has 25 heavy (non-hydrogen) atoms. The third kappa shape index (κ3) is 3.35. The first-order chi connectivity index (χ1) is 10.6. The first kappa shape index (κ1) is 23.6. The number of alkyl halides is 14. The van der Waals surface area contributed by atoms with E-state index in [1.54, 1.807) is 0 Å². The van der Waals surface area contributed by atoms with Gasteiger partial charge in [0.1, 0.15) is 6.67 Å². The van der Waals surface area contributed by atoms with Crippen LogP contribution in [0.1, 0.15) is 0 Å². The highest BCUT2D eigenvalue weighted by molar-refractivity contribution is 5.25. The molecular weight excluding hydrogens is 412 g/mol. The first-order valence-corrected chi connectivity index (χ1v) is 5.21. The second-order valence-corrected chi connectivity index (χ2v) is 4.28. The van der Waals surface area contributed by atoms with E-state index in [-0.39, 0.29) is 0 Å². The van der Waals surface area contributed by atoms with Crippen LogP contribution in [0, 0.1) is 0 Å². The Labute approximate surface area is 126 Å². The molecule has 0 aromatic heterocycles. The molecule has 0 amide bonds. The van der Waals surface area contributed by atoms with E-state index in [9.17, 15) is 70.2 Å². The van der Waals surface area contributed by atoms with E-state index in [2.05, 4.69) is 0 Å². The number of hydrogen-bond acceptors (Lipinski definition) is 0. The van der Waals surface area contributed by atoms with E-state index >= 15 is 0 Å². The Morgan fingerprint density at radius 3 is 1.08 bits per heavy atom. The van der Waals surface area contributed by atoms with Gasteiger partial charge in [-0.3, -0.25) is 0 Å². The van der Waals surface area contributed by atoms with Crippen molar-refractivity contribution in [1.29, 1.82) is 0 Å². The molecule has 0 fully saturated rings. The lowest BCUT2D eigenvalue weighted by atomic mass is 9.95. The van der Waals surface area contributed by atoms with Crippen LogP contribution in [-0.4, -0.2) is 42.5 Å². The van der Waals surface area contributed by atoms with Crippen LogP contribution in [0.15, 0.2) is 11.7 Å². The SMILES string of the molecule is FCC(F)(C(F)(F)F)C(F)(F)C(F)=C(F)C(F)(F)C(F)(F)C(F)(F)F. The minimum Gasteiger partial charge on any atom is -0.247 e. The molecule has 0 radical (unpaired) electrons. The fourth-order valence-corrected chi connectivity index (χ4v) is 1.10. The van der Waals surface area contributed by atoms with Crippen molar-refractivity contribution in [2.45, 2.75) is 35.8 Å². The van der Waals surface area contributed by atoms with Gasteiger partial charge < -0.3 is 0 Å². The molecule has 0 nitrogen and oxygen atoms in total. The van der Waals surface area contributed by atoms with Crippen molar-refractivity contribution in [3.8, 4) is 0 Å². The maximum Gasteiger partial charge on any atom is 0.460 e. The summed E-state index contributed by atoms with van der Waals surface area (Å²) in [4.78, 5) is 0. The third-order valence-corrected chi connectivity index (χ3v) is 2.63. The molecule has 0 bridgehead atoms. The molecule has 1 unspecified atom stereocenters. The molecule has 0 heterocycles. The van der Waals surface area contributed by atoms with Gasteiger partial charge in [-0.25, -0.2) is 17.6 Å². The van der Waals surface area contributed by atoms with Crippen LogP contribution in [0.4, 0.5) is 70.2 Å². The number of rotatable bonds is 5. The van der Waals surface area contributed by atoms with E-state index in [4.69, 9.17) is 0 Å². The normalized spacial score (nSPS) is 18.7. The molecule has 0 saturated carbocycles. The quantitative estimate of drug-likeness (QED) is 0.496. The van der Waals surface area contributed by atoms with Crippen molar-refractivity contribution in [1.82, 2.24) is 0 Å². The Kier molecular flexibility index (Phi) is 5.77. The number of hydrogen-bond donors (Lipinski definition) is 0. The lowest BCUT2D eigenvalue weighted by Gasteiger charge is -2.33. The highest BCUT2D eigenvalue weighted by atomic mass is 19.4. The molecule has 0 aromatic rings. The zero-order valence-corrected chi connectivity index (χ0v) is 10.8. The Morgan fingerprint density at radius 1 is 0.520 bits per heavy atom. The maximum absolute atomic E-state index is 13.0. The van der Waals surface area contributed by atoms with Gasteiger partial charge in [-0.15, -0.1) is 0 Å². The molecule has 16 heteroatoms. The summed E-state index contributed by atoms with van der Waals surface area (Å²) >= 11 is 0. The molecule has 0 N–H and O–H groups in total. The fourth-order valence-electron chi connectivity index (χ4n) is 1.10. The minimum atomic E-state index is -7.58. The summed E-state index contributed by atoms with van der Waals surface area (Å²) < 4.78 is 198. The largest absolute Gasteiger partial charge is 0.460 e. The van der Waals surface area contributed by atoms with E-state index in [0.717, 1.165) is 0 Å². The van der Waals surface area contributed by atoms with Crippen molar-refractivity contribution in [3.05, 3.63) is 11.7 Å². The average Bonchev–Trinajstić information content (AvgIpc) is 2.41. The second kappa shape index (κ2) is 6.10. The average molecular weight is 414 g/mol. The van der Waals surface area contributed by atoms with Gasteiger partial charge in [0, 0.05) is 0 Å². The van der Waals surface area contributed by atoms with Crippen molar-refractivity contribution >= 4 is 0 Å². The molecule has 0 spiro atoms. The van der Waals surface area contributed by atoms with Crippen LogP contribution in [0.25, 0.3) is 0 Å². The van der Waals surface area contributed by atoms with E-state index < -0.39 is 54.1 Å². The van der Waals surface area contributed by atoms with Crippen molar-refractivity contribution in [2.75, 3.05) is 6.67 Å². The highest BCUT2D eigenvalue weighted by Crippen LogP contribution is 2.55. The third-order valence-electron chi connectivity index (χ3n) is 2.63. The van der Waals surface area contributed by atoms with Crippen LogP contribution in [0.5, 0.6) is 0 Å². The number of halogens is 16. The van der Waals surface area contributed by atoms with Crippen LogP contribution < -0.4 is 0 Å². The lowest BCUT2D eigenvalue weighted by Crippen LogP contribution is -2.59. The fraction of sp³-hybridized carbons (Fsp3) is 0.778. The molecule has 0 aliphatic rings. The van der Waals surface area contributed by atoms with Gasteiger partial charge in [0.2, 0.25) is 11.7 Å². The first-order valence-electron chi connectivity index (χ1n) is 5.21. The summed E-state index contributed by atoms with van der Waals surface area (Å²) in [5.41, 5.74) is -6.73. The van der Waals surface area contributed by atoms with E-state index in [1.165, 1.54) is 0 Å². The van der Waals surface area contributed by atoms with Gasteiger partial charge in [0.05, 0.1) is 0 Å². The summed E-state index contributed by atoms with van der Waals surface area (Å²) in [7, 11) is 0. The topological polar surface area (TPSA) is 0 Å². The molecule has 0 aliphatic carbocycles.